The molecule has 3 rings (SSSR count). The Morgan fingerprint density at radius 3 is 2.65 bits per heavy atom. The molecule has 0 radical (unpaired) electrons. The standard InChI is InChI=1S/C20H26N2O3S/c1-14-9-10-17-19(11-14)26(23,24)22(3)18-8-6-5-7-16(18)20(17)21-12-15(2)13-25-4/h5-11,15,20-21H,12-13H2,1-4H3. The van der Waals surface area contributed by atoms with Crippen molar-refractivity contribution in [1.82, 2.24) is 5.32 Å². The summed E-state index contributed by atoms with van der Waals surface area (Å²) in [4.78, 5) is 0.369. The molecule has 0 aromatic heterocycles. The third-order valence-electron chi connectivity index (χ3n) is 4.83. The van der Waals surface area contributed by atoms with Crippen molar-refractivity contribution in [3.05, 3.63) is 59.2 Å². The summed E-state index contributed by atoms with van der Waals surface area (Å²) in [5.74, 6) is 0.318. The van der Waals surface area contributed by atoms with Crippen molar-refractivity contribution >= 4 is 15.7 Å². The minimum absolute atomic E-state index is 0.194. The largest absolute Gasteiger partial charge is 0.384 e. The molecule has 0 saturated carbocycles. The van der Waals surface area contributed by atoms with E-state index in [0.29, 0.717) is 23.1 Å². The van der Waals surface area contributed by atoms with Gasteiger partial charge in [-0.15, -0.1) is 0 Å². The lowest BCUT2D eigenvalue weighted by molar-refractivity contribution is 0.157. The first-order valence-corrected chi connectivity index (χ1v) is 10.2. The predicted molar refractivity (Wildman–Crippen MR) is 104 cm³/mol. The first-order chi connectivity index (χ1) is 12.4. The molecule has 1 heterocycles. The SMILES string of the molecule is COCC(C)CNC1c2ccccc2N(C)S(=O)(=O)c2cc(C)ccc21. The summed E-state index contributed by atoms with van der Waals surface area (Å²) >= 11 is 0. The molecular formula is C20H26N2O3S. The number of nitrogens with zero attached hydrogens (tertiary/aromatic N) is 1. The van der Waals surface area contributed by atoms with Crippen molar-refractivity contribution in [2.75, 3.05) is 31.6 Å². The molecule has 6 heteroatoms. The molecule has 2 unspecified atom stereocenters. The Morgan fingerprint density at radius 2 is 1.92 bits per heavy atom. The van der Waals surface area contributed by atoms with Crippen molar-refractivity contribution in [2.24, 2.45) is 5.92 Å². The molecule has 0 fully saturated rings. The summed E-state index contributed by atoms with van der Waals surface area (Å²) in [5.41, 5.74) is 3.39. The Balaban J connectivity index is 2.15. The van der Waals surface area contributed by atoms with E-state index in [0.717, 1.165) is 23.2 Å². The van der Waals surface area contributed by atoms with Gasteiger partial charge in [-0.05, 0) is 41.7 Å². The third-order valence-corrected chi connectivity index (χ3v) is 6.65. The van der Waals surface area contributed by atoms with Crippen LogP contribution in [0, 0.1) is 12.8 Å². The Labute approximate surface area is 156 Å². The van der Waals surface area contributed by atoms with Crippen LogP contribution in [0.2, 0.25) is 0 Å². The molecular weight excluding hydrogens is 348 g/mol. The average molecular weight is 375 g/mol. The summed E-state index contributed by atoms with van der Waals surface area (Å²) in [5, 5.41) is 3.57. The van der Waals surface area contributed by atoms with Crippen LogP contribution >= 0.6 is 0 Å². The maximum Gasteiger partial charge on any atom is 0.264 e. The number of nitrogens with one attached hydrogen (secondary N) is 1. The molecule has 0 amide bonds. The fraction of sp³-hybridized carbons (Fsp3) is 0.400. The van der Waals surface area contributed by atoms with Crippen LogP contribution in [-0.2, 0) is 14.8 Å². The number of hydrogen-bond donors (Lipinski definition) is 1. The lowest BCUT2D eigenvalue weighted by atomic mass is 9.95. The quantitative estimate of drug-likeness (QED) is 0.874. The number of benzene rings is 2. The normalized spacial score (nSPS) is 19.4. The van der Waals surface area contributed by atoms with Crippen molar-refractivity contribution in [3.8, 4) is 0 Å². The zero-order valence-corrected chi connectivity index (χ0v) is 16.5. The molecule has 1 aliphatic rings. The molecule has 0 aliphatic carbocycles. The van der Waals surface area contributed by atoms with Gasteiger partial charge in [-0.1, -0.05) is 37.3 Å². The average Bonchev–Trinajstić information content (AvgIpc) is 2.68. The monoisotopic (exact) mass is 374 g/mol. The minimum Gasteiger partial charge on any atom is -0.384 e. The number of aryl methyl sites for hydroxylation is 1. The molecule has 2 aromatic rings. The van der Waals surface area contributed by atoms with Gasteiger partial charge in [0, 0.05) is 27.3 Å². The highest BCUT2D eigenvalue weighted by atomic mass is 32.2. The first kappa shape index (κ1) is 18.9. The fourth-order valence-electron chi connectivity index (χ4n) is 3.45. The van der Waals surface area contributed by atoms with Gasteiger partial charge in [0.15, 0.2) is 0 Å². The number of para-hydroxylation sites is 1. The van der Waals surface area contributed by atoms with Gasteiger partial charge in [-0.25, -0.2) is 8.42 Å². The molecule has 0 saturated heterocycles. The summed E-state index contributed by atoms with van der Waals surface area (Å²) in [6.45, 7) is 5.40. The van der Waals surface area contributed by atoms with Gasteiger partial charge < -0.3 is 10.1 Å². The van der Waals surface area contributed by atoms with Crippen molar-refractivity contribution in [3.63, 3.8) is 0 Å². The number of rotatable bonds is 5. The maximum atomic E-state index is 13.2. The molecule has 5 nitrogen and oxygen atoms in total. The molecule has 0 spiro atoms. The Bertz CT molecular complexity index is 896. The highest BCUT2D eigenvalue weighted by Crippen LogP contribution is 2.40. The molecule has 2 atom stereocenters. The van der Waals surface area contributed by atoms with E-state index in [-0.39, 0.29) is 6.04 Å². The molecule has 1 N–H and O–H groups in total. The second kappa shape index (κ2) is 7.39. The van der Waals surface area contributed by atoms with Crippen LogP contribution in [0.3, 0.4) is 0 Å². The van der Waals surface area contributed by atoms with E-state index >= 15 is 0 Å². The minimum atomic E-state index is -3.61. The third kappa shape index (κ3) is 3.37. The van der Waals surface area contributed by atoms with Crippen LogP contribution in [0.1, 0.15) is 29.7 Å². The second-order valence-electron chi connectivity index (χ2n) is 6.97. The van der Waals surface area contributed by atoms with Gasteiger partial charge in [-0.3, -0.25) is 4.31 Å². The highest BCUT2D eigenvalue weighted by molar-refractivity contribution is 7.92. The van der Waals surface area contributed by atoms with Gasteiger partial charge in [0.25, 0.3) is 10.0 Å². The summed E-state index contributed by atoms with van der Waals surface area (Å²) in [7, 11) is -0.293. The van der Waals surface area contributed by atoms with Gasteiger partial charge in [-0.2, -0.15) is 0 Å². The Kier molecular flexibility index (Phi) is 5.37. The lowest BCUT2D eigenvalue weighted by Crippen LogP contribution is -2.29. The maximum absolute atomic E-state index is 13.2. The molecule has 140 valence electrons. The van der Waals surface area contributed by atoms with Crippen molar-refractivity contribution in [2.45, 2.75) is 24.8 Å². The zero-order chi connectivity index (χ0) is 18.9. The predicted octanol–water partition coefficient (Wildman–Crippen LogP) is 3.10. The second-order valence-corrected chi connectivity index (χ2v) is 8.91. The van der Waals surface area contributed by atoms with Crippen LogP contribution in [-0.4, -0.2) is 35.7 Å². The number of hydrogen-bond acceptors (Lipinski definition) is 4. The van der Waals surface area contributed by atoms with E-state index in [1.54, 1.807) is 20.2 Å². The van der Waals surface area contributed by atoms with Gasteiger partial charge in [0.05, 0.1) is 16.6 Å². The molecule has 0 bridgehead atoms. The molecule has 1 aliphatic heterocycles. The topological polar surface area (TPSA) is 58.6 Å². The number of anilines is 1. The number of sulfonamides is 1. The fourth-order valence-corrected chi connectivity index (χ4v) is 4.99. The summed E-state index contributed by atoms with van der Waals surface area (Å²) in [6, 6.07) is 13.1. The smallest absolute Gasteiger partial charge is 0.264 e. The van der Waals surface area contributed by atoms with Crippen molar-refractivity contribution < 1.29 is 13.2 Å². The molecule has 2 aromatic carbocycles. The van der Waals surface area contributed by atoms with Gasteiger partial charge >= 0.3 is 0 Å². The van der Waals surface area contributed by atoms with E-state index in [4.69, 9.17) is 4.74 Å². The summed E-state index contributed by atoms with van der Waals surface area (Å²) < 4.78 is 33.0. The van der Waals surface area contributed by atoms with E-state index in [1.165, 1.54) is 4.31 Å². The van der Waals surface area contributed by atoms with Crippen LogP contribution in [0.15, 0.2) is 47.4 Å². The first-order valence-electron chi connectivity index (χ1n) is 8.77. The van der Waals surface area contributed by atoms with E-state index in [1.807, 2.05) is 43.3 Å². The van der Waals surface area contributed by atoms with Crippen molar-refractivity contribution in [1.29, 1.82) is 0 Å². The highest BCUT2D eigenvalue weighted by Gasteiger charge is 2.34. The van der Waals surface area contributed by atoms with Crippen LogP contribution in [0.4, 0.5) is 5.69 Å². The Morgan fingerprint density at radius 1 is 1.19 bits per heavy atom. The number of fused-ring (bicyclic) bond motifs is 2. The Hall–Kier alpha value is -1.89. The van der Waals surface area contributed by atoms with E-state index in [9.17, 15) is 8.42 Å². The summed E-state index contributed by atoms with van der Waals surface area (Å²) in [6.07, 6.45) is 0. The molecule has 26 heavy (non-hydrogen) atoms. The van der Waals surface area contributed by atoms with Gasteiger partial charge in [0.1, 0.15) is 0 Å². The number of methoxy groups -OCH3 is 1. The van der Waals surface area contributed by atoms with Gasteiger partial charge in [0.2, 0.25) is 0 Å². The van der Waals surface area contributed by atoms with E-state index < -0.39 is 10.0 Å². The van der Waals surface area contributed by atoms with Crippen LogP contribution in [0.5, 0.6) is 0 Å². The zero-order valence-electron chi connectivity index (χ0n) is 15.7. The lowest BCUT2D eigenvalue weighted by Gasteiger charge is -2.23. The van der Waals surface area contributed by atoms with Crippen LogP contribution in [0.25, 0.3) is 0 Å². The van der Waals surface area contributed by atoms with E-state index in [2.05, 4.69) is 12.2 Å². The number of ether oxygens (including phenoxy) is 1. The van der Waals surface area contributed by atoms with Crippen LogP contribution < -0.4 is 9.62 Å².